The third-order valence-corrected chi connectivity index (χ3v) is 5.41. The summed E-state index contributed by atoms with van der Waals surface area (Å²) in [5, 5.41) is 0. The van der Waals surface area contributed by atoms with E-state index in [-0.39, 0.29) is 0 Å². The molecule has 0 spiro atoms. The van der Waals surface area contributed by atoms with Crippen LogP contribution in [0.4, 0.5) is 0 Å². The molecule has 0 saturated carbocycles. The van der Waals surface area contributed by atoms with Gasteiger partial charge in [-0.15, -0.1) is 0 Å². The van der Waals surface area contributed by atoms with Crippen molar-refractivity contribution >= 4 is 22.9 Å². The Morgan fingerprint density at radius 3 is 2.60 bits per heavy atom. The van der Waals surface area contributed by atoms with E-state index >= 15 is 0 Å². The van der Waals surface area contributed by atoms with Gasteiger partial charge in [-0.3, -0.25) is 0 Å². The van der Waals surface area contributed by atoms with Crippen LogP contribution < -0.4 is 4.57 Å². The summed E-state index contributed by atoms with van der Waals surface area (Å²) < 4.78 is 4.52. The standard InChI is InChI=1S/C23H23N2/c1-16-18(3)24-14-7-5-12-22(24)20(16)10-9-11-21-17(2)19(4)25-15-8-6-13-23(21)25/h5-15H,1-4H3/q+1. The third-order valence-electron chi connectivity index (χ3n) is 5.41. The molecule has 0 aliphatic carbocycles. The molecule has 0 N–H and O–H groups in total. The second-order valence-electron chi connectivity index (χ2n) is 6.69. The first-order valence-electron chi connectivity index (χ1n) is 8.73. The van der Waals surface area contributed by atoms with E-state index < -0.39 is 0 Å². The predicted molar refractivity (Wildman–Crippen MR) is 105 cm³/mol. The van der Waals surface area contributed by atoms with Crippen molar-refractivity contribution in [2.45, 2.75) is 27.7 Å². The van der Waals surface area contributed by atoms with Crippen molar-refractivity contribution in [1.29, 1.82) is 0 Å². The van der Waals surface area contributed by atoms with E-state index in [0.717, 1.165) is 0 Å². The molecule has 0 saturated heterocycles. The molecule has 3 aromatic heterocycles. The van der Waals surface area contributed by atoms with Gasteiger partial charge in [0.1, 0.15) is 0 Å². The van der Waals surface area contributed by atoms with Gasteiger partial charge in [0.2, 0.25) is 5.69 Å². The predicted octanol–water partition coefficient (Wildman–Crippen LogP) is 5.20. The van der Waals surface area contributed by atoms with Crippen LogP contribution in [0, 0.1) is 13.8 Å². The van der Waals surface area contributed by atoms with Crippen molar-refractivity contribution in [2.75, 3.05) is 0 Å². The van der Waals surface area contributed by atoms with Crippen LogP contribution in [-0.2, 0) is 0 Å². The summed E-state index contributed by atoms with van der Waals surface area (Å²) >= 11 is 0. The van der Waals surface area contributed by atoms with E-state index in [1.165, 1.54) is 44.9 Å². The smallest absolute Gasteiger partial charge is 0.218 e. The number of allylic oxidation sites excluding steroid dienone is 5. The zero-order valence-electron chi connectivity index (χ0n) is 15.2. The summed E-state index contributed by atoms with van der Waals surface area (Å²) in [5.74, 6) is 0. The maximum Gasteiger partial charge on any atom is 0.218 e. The van der Waals surface area contributed by atoms with E-state index in [2.05, 4.69) is 104 Å². The average Bonchev–Trinajstić information content (AvgIpc) is 3.03. The van der Waals surface area contributed by atoms with E-state index in [4.69, 9.17) is 0 Å². The molecule has 3 aromatic rings. The van der Waals surface area contributed by atoms with Gasteiger partial charge in [-0.1, -0.05) is 18.2 Å². The number of pyridine rings is 2. The van der Waals surface area contributed by atoms with Gasteiger partial charge in [-0.25, -0.2) is 0 Å². The molecule has 2 heteroatoms. The molecule has 0 unspecified atom stereocenters. The summed E-state index contributed by atoms with van der Waals surface area (Å²) in [6, 6.07) is 12.7. The van der Waals surface area contributed by atoms with Gasteiger partial charge in [-0.05, 0) is 50.6 Å². The molecule has 4 rings (SSSR count). The number of fused-ring (bicyclic) bond motifs is 2. The fourth-order valence-electron chi connectivity index (χ4n) is 3.71. The number of aromatic nitrogens is 2. The third kappa shape index (κ3) is 2.37. The highest BCUT2D eigenvalue weighted by Crippen LogP contribution is 2.30. The van der Waals surface area contributed by atoms with Crippen LogP contribution in [0.3, 0.4) is 0 Å². The minimum Gasteiger partial charge on any atom is -0.320 e. The van der Waals surface area contributed by atoms with Gasteiger partial charge in [0.25, 0.3) is 0 Å². The highest BCUT2D eigenvalue weighted by atomic mass is 15.0. The van der Waals surface area contributed by atoms with Gasteiger partial charge in [0.15, 0.2) is 11.9 Å². The molecular formula is C23H23N2+. The van der Waals surface area contributed by atoms with Crippen molar-refractivity contribution in [1.82, 2.24) is 4.40 Å². The maximum absolute atomic E-state index is 2.26. The van der Waals surface area contributed by atoms with Crippen LogP contribution in [0.15, 0.2) is 66.5 Å². The molecule has 1 aliphatic heterocycles. The second-order valence-corrected chi connectivity index (χ2v) is 6.69. The van der Waals surface area contributed by atoms with E-state index in [9.17, 15) is 0 Å². The van der Waals surface area contributed by atoms with E-state index in [1.807, 2.05) is 0 Å². The Bertz CT molecular complexity index is 1070. The van der Waals surface area contributed by atoms with E-state index in [1.54, 1.807) is 0 Å². The molecule has 0 radical (unpaired) electrons. The Hall–Kier alpha value is -2.87. The normalized spacial score (nSPS) is 15.8. The van der Waals surface area contributed by atoms with Crippen LogP contribution >= 0.6 is 0 Å². The van der Waals surface area contributed by atoms with Gasteiger partial charge < -0.3 is 4.40 Å². The lowest BCUT2D eigenvalue weighted by Gasteiger charge is -1.96. The number of rotatable bonds is 2. The highest BCUT2D eigenvalue weighted by Gasteiger charge is 2.28. The van der Waals surface area contributed by atoms with Crippen LogP contribution in [-0.4, -0.2) is 4.40 Å². The van der Waals surface area contributed by atoms with Crippen molar-refractivity contribution in [3.63, 3.8) is 0 Å². The lowest BCUT2D eigenvalue weighted by molar-refractivity contribution is -0.581. The first-order chi connectivity index (χ1) is 12.1. The monoisotopic (exact) mass is 327 g/mol. The quantitative estimate of drug-likeness (QED) is 0.571. The first-order valence-corrected chi connectivity index (χ1v) is 8.73. The summed E-state index contributed by atoms with van der Waals surface area (Å²) in [6.45, 7) is 8.76. The molecule has 0 bridgehead atoms. The van der Waals surface area contributed by atoms with Crippen LogP contribution in [0.5, 0.6) is 0 Å². The fourth-order valence-corrected chi connectivity index (χ4v) is 3.71. The highest BCUT2D eigenvalue weighted by molar-refractivity contribution is 5.85. The molecule has 1 aliphatic rings. The molecule has 25 heavy (non-hydrogen) atoms. The van der Waals surface area contributed by atoms with Crippen LogP contribution in [0.1, 0.15) is 36.4 Å². The van der Waals surface area contributed by atoms with Gasteiger partial charge in [-0.2, -0.15) is 4.57 Å². The van der Waals surface area contributed by atoms with Crippen molar-refractivity contribution in [3.8, 4) is 0 Å². The zero-order valence-corrected chi connectivity index (χ0v) is 15.2. The van der Waals surface area contributed by atoms with Gasteiger partial charge in [0.05, 0.1) is 11.1 Å². The number of hydrogen-bond donors (Lipinski definition) is 0. The molecule has 0 fully saturated rings. The molecule has 2 nitrogen and oxygen atoms in total. The zero-order chi connectivity index (χ0) is 17.6. The summed E-state index contributed by atoms with van der Waals surface area (Å²) in [5.41, 5.74) is 10.4. The average molecular weight is 327 g/mol. The molecule has 0 amide bonds. The summed E-state index contributed by atoms with van der Waals surface area (Å²) in [7, 11) is 0. The minimum absolute atomic E-state index is 1.26. The number of hydrogen-bond acceptors (Lipinski definition) is 0. The van der Waals surface area contributed by atoms with Crippen molar-refractivity contribution in [3.05, 3.63) is 89.0 Å². The molecule has 0 aromatic carbocycles. The number of nitrogens with zero attached hydrogens (tertiary/aromatic N) is 2. The lowest BCUT2D eigenvalue weighted by Crippen LogP contribution is -2.31. The summed E-state index contributed by atoms with van der Waals surface area (Å²) in [6.07, 6.45) is 10.9. The van der Waals surface area contributed by atoms with Gasteiger partial charge in [0, 0.05) is 42.1 Å². The molecule has 124 valence electrons. The van der Waals surface area contributed by atoms with Crippen molar-refractivity contribution in [2.24, 2.45) is 0 Å². The maximum atomic E-state index is 2.26. The minimum atomic E-state index is 1.26. The fraction of sp³-hybridized carbons (Fsp3) is 0.174. The second kappa shape index (κ2) is 5.89. The molecule has 4 heterocycles. The SMILES string of the molecule is CC1=C(C)[n+]2ccccc2/C1=C\C=Cc1c(C)c(C)n2ccccc12. The largest absolute Gasteiger partial charge is 0.320 e. The Kier molecular flexibility index (Phi) is 3.69. The summed E-state index contributed by atoms with van der Waals surface area (Å²) in [4.78, 5) is 0. The van der Waals surface area contributed by atoms with Crippen LogP contribution in [0.2, 0.25) is 0 Å². The topological polar surface area (TPSA) is 8.29 Å². The molecular weight excluding hydrogens is 304 g/mol. The first kappa shape index (κ1) is 15.6. The Morgan fingerprint density at radius 2 is 1.76 bits per heavy atom. The van der Waals surface area contributed by atoms with Gasteiger partial charge >= 0.3 is 0 Å². The van der Waals surface area contributed by atoms with Crippen LogP contribution in [0.25, 0.3) is 22.9 Å². The lowest BCUT2D eigenvalue weighted by atomic mass is 10.0. The molecule has 0 atom stereocenters. The Morgan fingerprint density at radius 1 is 0.960 bits per heavy atom. The number of aryl methyl sites for hydroxylation is 1. The Labute approximate surface area is 149 Å². The van der Waals surface area contributed by atoms with E-state index in [0.29, 0.717) is 0 Å². The Balaban J connectivity index is 1.78. The van der Waals surface area contributed by atoms with Crippen molar-refractivity contribution < 1.29 is 4.57 Å².